The summed E-state index contributed by atoms with van der Waals surface area (Å²) in [6, 6.07) is 7.93. The van der Waals surface area contributed by atoms with Crippen molar-refractivity contribution in [2.75, 3.05) is 20.2 Å². The molecular formula is C18H23N3O3. The van der Waals surface area contributed by atoms with Gasteiger partial charge in [0, 0.05) is 30.3 Å². The summed E-state index contributed by atoms with van der Waals surface area (Å²) in [5.41, 5.74) is 3.25. The van der Waals surface area contributed by atoms with E-state index < -0.39 is 6.10 Å². The molecule has 0 radical (unpaired) electrons. The van der Waals surface area contributed by atoms with E-state index in [-0.39, 0.29) is 5.91 Å². The molecule has 0 aliphatic carbocycles. The highest BCUT2D eigenvalue weighted by Crippen LogP contribution is 2.34. The van der Waals surface area contributed by atoms with E-state index in [0.29, 0.717) is 19.0 Å². The largest absolute Gasteiger partial charge is 0.497 e. The molecular weight excluding hydrogens is 306 g/mol. The molecule has 2 heterocycles. The number of carbonyl (C=O) groups excluding carboxylic acids is 1. The molecule has 1 aliphatic heterocycles. The van der Waals surface area contributed by atoms with Crippen molar-refractivity contribution in [2.45, 2.75) is 31.8 Å². The summed E-state index contributed by atoms with van der Waals surface area (Å²) >= 11 is 0. The Morgan fingerprint density at radius 3 is 2.83 bits per heavy atom. The minimum atomic E-state index is -0.930. The number of rotatable bonds is 4. The molecule has 128 valence electrons. The molecule has 2 N–H and O–H groups in total. The quantitative estimate of drug-likeness (QED) is 0.901. The van der Waals surface area contributed by atoms with Gasteiger partial charge in [-0.1, -0.05) is 12.1 Å². The molecule has 1 amide bonds. The average Bonchev–Trinajstić information content (AvgIpc) is 3.11. The number of nitrogens with zero attached hydrogens (tertiary/aromatic N) is 2. The first-order valence-electron chi connectivity index (χ1n) is 8.24. The molecule has 1 unspecified atom stereocenters. The number of amides is 1. The van der Waals surface area contributed by atoms with E-state index in [4.69, 9.17) is 4.74 Å². The number of H-pyrrole nitrogens is 1. The Kier molecular flexibility index (Phi) is 4.85. The summed E-state index contributed by atoms with van der Waals surface area (Å²) in [5, 5.41) is 16.8. The normalized spacial score (nSPS) is 16.9. The number of hydrogen-bond donors (Lipinski definition) is 2. The summed E-state index contributed by atoms with van der Waals surface area (Å²) in [4.78, 5) is 13.6. The highest BCUT2D eigenvalue weighted by atomic mass is 16.5. The Balaban J connectivity index is 1.76. The molecule has 2 aromatic rings. The van der Waals surface area contributed by atoms with Crippen LogP contribution < -0.4 is 4.74 Å². The number of nitrogens with one attached hydrogen (secondary N) is 1. The van der Waals surface area contributed by atoms with Gasteiger partial charge in [0.15, 0.2) is 0 Å². The van der Waals surface area contributed by atoms with Crippen LogP contribution in [0.3, 0.4) is 0 Å². The van der Waals surface area contributed by atoms with Gasteiger partial charge in [0.05, 0.1) is 13.3 Å². The van der Waals surface area contributed by atoms with Gasteiger partial charge in [-0.05, 0) is 37.5 Å². The minimum Gasteiger partial charge on any atom is -0.497 e. The Morgan fingerprint density at radius 1 is 1.42 bits per heavy atom. The fourth-order valence-corrected chi connectivity index (χ4v) is 3.28. The zero-order chi connectivity index (χ0) is 17.1. The van der Waals surface area contributed by atoms with Crippen molar-refractivity contribution in [1.29, 1.82) is 0 Å². The average molecular weight is 329 g/mol. The van der Waals surface area contributed by atoms with Crippen LogP contribution in [0.2, 0.25) is 0 Å². The third kappa shape index (κ3) is 3.28. The molecule has 0 bridgehead atoms. The summed E-state index contributed by atoms with van der Waals surface area (Å²) in [6.45, 7) is 2.83. The lowest BCUT2D eigenvalue weighted by Gasteiger charge is -2.32. The molecule has 1 aromatic heterocycles. The van der Waals surface area contributed by atoms with Gasteiger partial charge in [-0.2, -0.15) is 5.10 Å². The number of aromatic nitrogens is 2. The highest BCUT2D eigenvalue weighted by molar-refractivity contribution is 5.80. The number of aromatic amines is 1. The van der Waals surface area contributed by atoms with E-state index in [1.54, 1.807) is 12.0 Å². The molecule has 1 aromatic carbocycles. The van der Waals surface area contributed by atoms with E-state index in [1.807, 2.05) is 30.5 Å². The zero-order valence-corrected chi connectivity index (χ0v) is 14.0. The third-order valence-corrected chi connectivity index (χ3v) is 4.62. The number of benzene rings is 1. The second-order valence-electron chi connectivity index (χ2n) is 6.20. The summed E-state index contributed by atoms with van der Waals surface area (Å²) in [6.07, 6.45) is 2.63. The van der Waals surface area contributed by atoms with Crippen LogP contribution >= 0.6 is 0 Å². The van der Waals surface area contributed by atoms with Gasteiger partial charge in [0.2, 0.25) is 0 Å². The smallest absolute Gasteiger partial charge is 0.251 e. The first kappa shape index (κ1) is 16.5. The van der Waals surface area contributed by atoms with Gasteiger partial charge in [0.1, 0.15) is 11.9 Å². The summed E-state index contributed by atoms with van der Waals surface area (Å²) in [7, 11) is 1.66. The SMILES string of the molecule is COc1cccc(-c2cn[nH]c2C2CCN(C(=O)C(C)O)CC2)c1. The van der Waals surface area contributed by atoms with Gasteiger partial charge in [0.25, 0.3) is 5.91 Å². The molecule has 1 saturated heterocycles. The van der Waals surface area contributed by atoms with Crippen LogP contribution in [0.15, 0.2) is 30.5 Å². The van der Waals surface area contributed by atoms with E-state index in [2.05, 4.69) is 10.2 Å². The fourth-order valence-electron chi connectivity index (χ4n) is 3.28. The van der Waals surface area contributed by atoms with Crippen molar-refractivity contribution >= 4 is 5.91 Å². The van der Waals surface area contributed by atoms with Crippen molar-refractivity contribution in [3.8, 4) is 16.9 Å². The van der Waals surface area contributed by atoms with E-state index >= 15 is 0 Å². The van der Waals surface area contributed by atoms with Crippen LogP contribution in [0.1, 0.15) is 31.4 Å². The van der Waals surface area contributed by atoms with E-state index in [0.717, 1.165) is 35.4 Å². The number of carbonyl (C=O) groups is 1. The number of ether oxygens (including phenoxy) is 1. The second-order valence-corrected chi connectivity index (χ2v) is 6.20. The lowest BCUT2D eigenvalue weighted by atomic mass is 9.89. The Bertz CT molecular complexity index is 703. The van der Waals surface area contributed by atoms with Crippen molar-refractivity contribution in [2.24, 2.45) is 0 Å². The van der Waals surface area contributed by atoms with Gasteiger partial charge in [-0.25, -0.2) is 0 Å². The zero-order valence-electron chi connectivity index (χ0n) is 14.0. The molecule has 0 saturated carbocycles. The predicted octanol–water partition coefficient (Wildman–Crippen LogP) is 2.17. The topological polar surface area (TPSA) is 78.5 Å². The molecule has 1 fully saturated rings. The van der Waals surface area contributed by atoms with Gasteiger partial charge in [-0.3, -0.25) is 9.89 Å². The lowest BCUT2D eigenvalue weighted by Crippen LogP contribution is -2.42. The van der Waals surface area contributed by atoms with Crippen molar-refractivity contribution < 1.29 is 14.6 Å². The Morgan fingerprint density at radius 2 is 2.17 bits per heavy atom. The maximum atomic E-state index is 11.9. The maximum absolute atomic E-state index is 11.9. The molecule has 6 nitrogen and oxygen atoms in total. The Hall–Kier alpha value is -2.34. The van der Waals surface area contributed by atoms with Crippen molar-refractivity contribution in [3.63, 3.8) is 0 Å². The van der Waals surface area contributed by atoms with Crippen LogP contribution in [-0.2, 0) is 4.79 Å². The number of likely N-dealkylation sites (tertiary alicyclic amines) is 1. The van der Waals surface area contributed by atoms with Crippen LogP contribution in [0, 0.1) is 0 Å². The monoisotopic (exact) mass is 329 g/mol. The maximum Gasteiger partial charge on any atom is 0.251 e. The summed E-state index contributed by atoms with van der Waals surface area (Å²) < 4.78 is 5.30. The Labute approximate surface area is 141 Å². The van der Waals surface area contributed by atoms with Crippen LogP contribution in [0.25, 0.3) is 11.1 Å². The molecule has 3 rings (SSSR count). The van der Waals surface area contributed by atoms with Crippen LogP contribution in [-0.4, -0.2) is 52.4 Å². The van der Waals surface area contributed by atoms with Crippen LogP contribution in [0.4, 0.5) is 0 Å². The minimum absolute atomic E-state index is 0.189. The van der Waals surface area contributed by atoms with Gasteiger partial charge < -0.3 is 14.7 Å². The van der Waals surface area contributed by atoms with E-state index in [1.165, 1.54) is 6.92 Å². The predicted molar refractivity (Wildman–Crippen MR) is 90.8 cm³/mol. The van der Waals surface area contributed by atoms with Crippen molar-refractivity contribution in [3.05, 3.63) is 36.2 Å². The molecule has 24 heavy (non-hydrogen) atoms. The third-order valence-electron chi connectivity index (χ3n) is 4.62. The molecule has 1 atom stereocenters. The molecule has 1 aliphatic rings. The first-order valence-corrected chi connectivity index (χ1v) is 8.24. The van der Waals surface area contributed by atoms with Gasteiger partial charge >= 0.3 is 0 Å². The number of methoxy groups -OCH3 is 1. The van der Waals surface area contributed by atoms with Crippen molar-refractivity contribution in [1.82, 2.24) is 15.1 Å². The second kappa shape index (κ2) is 7.05. The number of hydrogen-bond acceptors (Lipinski definition) is 4. The molecule has 6 heteroatoms. The number of piperidine rings is 1. The number of aliphatic hydroxyl groups is 1. The first-order chi connectivity index (χ1) is 11.6. The number of aliphatic hydroxyl groups excluding tert-OH is 1. The standard InChI is InChI=1S/C18H23N3O3/c1-12(22)18(23)21-8-6-13(7-9-21)17-16(11-19-20-17)14-4-3-5-15(10-14)24-2/h3-5,10-13,22H,6-9H2,1-2H3,(H,19,20). The fraction of sp³-hybridized carbons (Fsp3) is 0.444. The highest BCUT2D eigenvalue weighted by Gasteiger charge is 2.28. The van der Waals surface area contributed by atoms with E-state index in [9.17, 15) is 9.90 Å². The lowest BCUT2D eigenvalue weighted by molar-refractivity contribution is -0.140. The van der Waals surface area contributed by atoms with Crippen LogP contribution in [0.5, 0.6) is 5.75 Å². The molecule has 0 spiro atoms. The van der Waals surface area contributed by atoms with Gasteiger partial charge in [-0.15, -0.1) is 0 Å². The summed E-state index contributed by atoms with van der Waals surface area (Å²) in [5.74, 6) is 0.954.